The van der Waals surface area contributed by atoms with E-state index in [4.69, 9.17) is 4.74 Å². The predicted octanol–water partition coefficient (Wildman–Crippen LogP) is 6.69. The van der Waals surface area contributed by atoms with Crippen LogP contribution in [0.15, 0.2) is 83.0 Å². The number of aromatic nitrogens is 1. The summed E-state index contributed by atoms with van der Waals surface area (Å²) in [6, 6.07) is 23.4. The zero-order valence-corrected chi connectivity index (χ0v) is 19.9. The van der Waals surface area contributed by atoms with Crippen molar-refractivity contribution in [3.63, 3.8) is 0 Å². The summed E-state index contributed by atoms with van der Waals surface area (Å²) in [6.45, 7) is 8.51. The number of rotatable bonds is 6. The van der Waals surface area contributed by atoms with Gasteiger partial charge in [-0.15, -0.1) is 10.2 Å². The van der Waals surface area contributed by atoms with Crippen LogP contribution in [0.5, 0.6) is 11.6 Å². The van der Waals surface area contributed by atoms with Gasteiger partial charge in [0.25, 0.3) is 0 Å². The van der Waals surface area contributed by atoms with E-state index in [1.807, 2.05) is 79.7 Å². The molecule has 1 heterocycles. The lowest BCUT2D eigenvalue weighted by Crippen LogP contribution is -2.16. The van der Waals surface area contributed by atoms with Crippen LogP contribution < -0.4 is 4.74 Å². The molecule has 0 spiro atoms. The number of nitrogens with zero attached hydrogens (tertiary/aromatic N) is 3. The van der Waals surface area contributed by atoms with Gasteiger partial charge in [-0.25, -0.2) is 0 Å². The zero-order valence-electron chi connectivity index (χ0n) is 19.9. The van der Waals surface area contributed by atoms with Crippen molar-refractivity contribution in [2.24, 2.45) is 10.2 Å². The van der Waals surface area contributed by atoms with Crippen LogP contribution in [-0.2, 0) is 16.8 Å². The van der Waals surface area contributed by atoms with Gasteiger partial charge in [-0.1, -0.05) is 81.4 Å². The second kappa shape index (κ2) is 9.51. The summed E-state index contributed by atoms with van der Waals surface area (Å²) in [5, 5.41) is 19.6. The molecule has 4 rings (SSSR count). The van der Waals surface area contributed by atoms with Crippen LogP contribution in [0.2, 0.25) is 0 Å². The van der Waals surface area contributed by atoms with Crippen molar-refractivity contribution in [3.8, 4) is 11.6 Å². The molecule has 0 bridgehead atoms. The van der Waals surface area contributed by atoms with Crippen molar-refractivity contribution < 1.29 is 14.6 Å². The van der Waals surface area contributed by atoms with Crippen LogP contribution in [0.3, 0.4) is 0 Å². The fraction of sp³-hybridized carbons (Fsp3) is 0.250. The third-order valence-electron chi connectivity index (χ3n) is 5.66. The van der Waals surface area contributed by atoms with Gasteiger partial charge < -0.3 is 14.4 Å². The van der Waals surface area contributed by atoms with Crippen molar-refractivity contribution in [1.82, 2.24) is 4.57 Å². The van der Waals surface area contributed by atoms with E-state index >= 15 is 0 Å². The first-order valence-electron chi connectivity index (χ1n) is 11.3. The molecule has 0 atom stereocenters. The van der Waals surface area contributed by atoms with Gasteiger partial charge in [-0.2, -0.15) is 0 Å². The number of carbonyl (C=O) groups excluding carboxylic acids is 1. The topological polar surface area (TPSA) is 76.2 Å². The van der Waals surface area contributed by atoms with E-state index in [0.717, 1.165) is 27.6 Å². The average molecular weight is 456 g/mol. The van der Waals surface area contributed by atoms with Gasteiger partial charge >= 0.3 is 5.91 Å². The molecule has 0 aliphatic heterocycles. The van der Waals surface area contributed by atoms with Crippen molar-refractivity contribution in [1.29, 1.82) is 0 Å². The van der Waals surface area contributed by atoms with Gasteiger partial charge in [0.05, 0.1) is 12.1 Å². The first kappa shape index (κ1) is 23.2. The zero-order chi connectivity index (χ0) is 24.3. The van der Waals surface area contributed by atoms with E-state index in [9.17, 15) is 9.90 Å². The minimum Gasteiger partial charge on any atom is -0.493 e. The third kappa shape index (κ3) is 5.01. The Bertz CT molecular complexity index is 1350. The van der Waals surface area contributed by atoms with Crippen molar-refractivity contribution in [3.05, 3.63) is 89.5 Å². The SMILES string of the molecule is Cc1ccc(C(C)(C)C)c(OCC(=O)N=Nc2c(O)n(Cc3ccccc3)c3ccccc23)c1. The van der Waals surface area contributed by atoms with Crippen LogP contribution in [0.4, 0.5) is 5.69 Å². The van der Waals surface area contributed by atoms with E-state index < -0.39 is 5.91 Å². The summed E-state index contributed by atoms with van der Waals surface area (Å²) in [4.78, 5) is 12.5. The van der Waals surface area contributed by atoms with E-state index in [1.165, 1.54) is 0 Å². The van der Waals surface area contributed by atoms with Crippen molar-refractivity contribution in [2.45, 2.75) is 39.7 Å². The summed E-state index contributed by atoms with van der Waals surface area (Å²) in [7, 11) is 0. The Morgan fingerprint density at radius 2 is 1.71 bits per heavy atom. The molecule has 0 aliphatic rings. The fourth-order valence-electron chi connectivity index (χ4n) is 3.94. The molecule has 4 aromatic rings. The number of fused-ring (bicyclic) bond motifs is 1. The Balaban J connectivity index is 1.56. The molecule has 34 heavy (non-hydrogen) atoms. The van der Waals surface area contributed by atoms with E-state index in [-0.39, 0.29) is 23.6 Å². The van der Waals surface area contributed by atoms with Gasteiger partial charge in [-0.05, 0) is 41.2 Å². The van der Waals surface area contributed by atoms with Gasteiger partial charge in [0.15, 0.2) is 12.3 Å². The van der Waals surface area contributed by atoms with Crippen LogP contribution in [0.25, 0.3) is 10.9 Å². The highest BCUT2D eigenvalue weighted by atomic mass is 16.5. The number of para-hydroxylation sites is 1. The molecule has 0 fully saturated rings. The van der Waals surface area contributed by atoms with E-state index in [1.54, 1.807) is 4.57 Å². The number of aromatic hydroxyl groups is 1. The maximum absolute atomic E-state index is 12.5. The maximum Gasteiger partial charge on any atom is 0.302 e. The number of aryl methyl sites for hydroxylation is 1. The number of azo groups is 1. The number of hydrogen-bond donors (Lipinski definition) is 1. The summed E-state index contributed by atoms with van der Waals surface area (Å²) < 4.78 is 7.59. The molecule has 6 nitrogen and oxygen atoms in total. The molecule has 0 radical (unpaired) electrons. The Kier molecular flexibility index (Phi) is 6.50. The van der Waals surface area contributed by atoms with Gasteiger partial charge in [0, 0.05) is 5.39 Å². The molecule has 0 saturated heterocycles. The van der Waals surface area contributed by atoms with E-state index in [2.05, 4.69) is 31.0 Å². The Labute approximate surface area is 199 Å². The maximum atomic E-state index is 12.5. The average Bonchev–Trinajstić information content (AvgIpc) is 3.07. The standard InChI is InChI=1S/C28H29N3O3/c1-19-14-15-22(28(2,3)4)24(16-19)34-18-25(32)29-30-26-21-12-8-9-13-23(21)31(27(26)33)17-20-10-6-5-7-11-20/h5-16,33H,17-18H2,1-4H3. The second-order valence-corrected chi connectivity index (χ2v) is 9.39. The first-order valence-corrected chi connectivity index (χ1v) is 11.3. The highest BCUT2D eigenvalue weighted by molar-refractivity contribution is 5.95. The van der Waals surface area contributed by atoms with Crippen LogP contribution in [-0.4, -0.2) is 22.2 Å². The molecule has 174 valence electrons. The second-order valence-electron chi connectivity index (χ2n) is 9.39. The lowest BCUT2D eigenvalue weighted by atomic mass is 9.86. The van der Waals surface area contributed by atoms with Crippen LogP contribution >= 0.6 is 0 Å². The number of ether oxygens (including phenoxy) is 1. The largest absolute Gasteiger partial charge is 0.493 e. The summed E-state index contributed by atoms with van der Waals surface area (Å²) >= 11 is 0. The number of carbonyl (C=O) groups is 1. The van der Waals surface area contributed by atoms with Crippen LogP contribution in [0.1, 0.15) is 37.5 Å². The minimum absolute atomic E-state index is 0.0313. The fourth-order valence-corrected chi connectivity index (χ4v) is 3.94. The number of hydrogen-bond acceptors (Lipinski definition) is 4. The molecule has 0 aliphatic carbocycles. The first-order chi connectivity index (χ1) is 16.2. The van der Waals surface area contributed by atoms with Gasteiger partial charge in [-0.3, -0.25) is 4.79 Å². The van der Waals surface area contributed by atoms with Gasteiger partial charge in [0.1, 0.15) is 5.75 Å². The predicted molar refractivity (Wildman–Crippen MR) is 134 cm³/mol. The molecule has 0 unspecified atom stereocenters. The van der Waals surface area contributed by atoms with Crippen LogP contribution in [0, 0.1) is 6.92 Å². The van der Waals surface area contributed by atoms with Gasteiger partial charge in [0.2, 0.25) is 5.88 Å². The Morgan fingerprint density at radius 3 is 2.44 bits per heavy atom. The minimum atomic E-state index is -0.527. The Hall–Kier alpha value is -3.93. The summed E-state index contributed by atoms with van der Waals surface area (Å²) in [5.74, 6) is 0.107. The molecule has 3 aromatic carbocycles. The summed E-state index contributed by atoms with van der Waals surface area (Å²) in [5.41, 5.74) is 4.07. The lowest BCUT2D eigenvalue weighted by Gasteiger charge is -2.22. The molecular formula is C28H29N3O3. The molecule has 6 heteroatoms. The monoisotopic (exact) mass is 455 g/mol. The molecule has 1 aromatic heterocycles. The van der Waals surface area contributed by atoms with E-state index in [0.29, 0.717) is 12.3 Å². The smallest absolute Gasteiger partial charge is 0.302 e. The molecule has 0 saturated carbocycles. The molecule has 1 N–H and O–H groups in total. The summed E-state index contributed by atoms with van der Waals surface area (Å²) in [6.07, 6.45) is 0. The molecule has 1 amide bonds. The highest BCUT2D eigenvalue weighted by Crippen LogP contribution is 2.39. The normalized spacial score (nSPS) is 11.9. The number of benzene rings is 3. The lowest BCUT2D eigenvalue weighted by molar-refractivity contribution is -0.120. The van der Waals surface area contributed by atoms with Crippen molar-refractivity contribution >= 4 is 22.5 Å². The highest BCUT2D eigenvalue weighted by Gasteiger charge is 2.20. The quantitative estimate of drug-likeness (QED) is 0.329. The third-order valence-corrected chi connectivity index (χ3v) is 5.66. The number of amides is 1. The van der Waals surface area contributed by atoms with Crippen molar-refractivity contribution in [2.75, 3.05) is 6.61 Å². The Morgan fingerprint density at radius 1 is 1.00 bits per heavy atom. The molecular weight excluding hydrogens is 426 g/mol.